The van der Waals surface area contributed by atoms with E-state index in [4.69, 9.17) is 27.9 Å². The van der Waals surface area contributed by atoms with Crippen LogP contribution in [0.1, 0.15) is 16.7 Å². The second-order valence-corrected chi connectivity index (χ2v) is 5.05. The molecular weight excluding hydrogens is 331 g/mol. The summed E-state index contributed by atoms with van der Waals surface area (Å²) in [6.45, 7) is 0.144. The van der Waals surface area contributed by atoms with E-state index in [9.17, 15) is 13.2 Å². The van der Waals surface area contributed by atoms with Crippen LogP contribution in [-0.4, -0.2) is 5.84 Å². The number of hydrogen-bond acceptors (Lipinski definition) is 3. The van der Waals surface area contributed by atoms with E-state index in [0.717, 1.165) is 17.7 Å². The van der Waals surface area contributed by atoms with E-state index in [-0.39, 0.29) is 23.2 Å². The molecule has 2 aromatic carbocycles. The number of hydrazone groups is 1. The molecule has 2 aromatic rings. The van der Waals surface area contributed by atoms with Crippen molar-refractivity contribution in [3.05, 3.63) is 64.2 Å². The molecule has 0 heterocycles. The number of rotatable bonds is 4. The molecule has 0 unspecified atom stereocenters. The Morgan fingerprint density at radius 1 is 1.13 bits per heavy atom. The third kappa shape index (κ3) is 4.29. The minimum absolute atomic E-state index is 0.101. The van der Waals surface area contributed by atoms with Gasteiger partial charge in [0.05, 0.1) is 10.6 Å². The molecular formula is C15H13ClF3N3O. The molecule has 2 rings (SSSR count). The fourth-order valence-electron chi connectivity index (χ4n) is 1.80. The SMILES string of the molecule is N/N=C(\N)c1ccc(COc2ccc(C(F)(F)F)cc2Cl)cc1. The summed E-state index contributed by atoms with van der Waals surface area (Å²) in [5.74, 6) is 5.45. The van der Waals surface area contributed by atoms with Crippen LogP contribution in [-0.2, 0) is 12.8 Å². The lowest BCUT2D eigenvalue weighted by atomic mass is 10.1. The van der Waals surface area contributed by atoms with Gasteiger partial charge in [-0.05, 0) is 23.8 Å². The van der Waals surface area contributed by atoms with E-state index in [0.29, 0.717) is 5.56 Å². The normalized spacial score (nSPS) is 12.3. The zero-order valence-electron chi connectivity index (χ0n) is 11.8. The van der Waals surface area contributed by atoms with E-state index in [1.54, 1.807) is 24.3 Å². The minimum atomic E-state index is -4.44. The van der Waals surface area contributed by atoms with E-state index in [2.05, 4.69) is 5.10 Å². The zero-order valence-corrected chi connectivity index (χ0v) is 12.5. The van der Waals surface area contributed by atoms with Gasteiger partial charge in [0.25, 0.3) is 0 Å². The summed E-state index contributed by atoms with van der Waals surface area (Å²) in [6, 6.07) is 9.84. The molecule has 0 saturated carbocycles. The van der Waals surface area contributed by atoms with Crippen molar-refractivity contribution in [2.75, 3.05) is 0 Å². The topological polar surface area (TPSA) is 73.6 Å². The molecule has 8 heteroatoms. The number of benzene rings is 2. The Balaban J connectivity index is 2.06. The van der Waals surface area contributed by atoms with Crippen LogP contribution in [0, 0.1) is 0 Å². The highest BCUT2D eigenvalue weighted by Crippen LogP contribution is 2.34. The Kier molecular flexibility index (Phi) is 5.00. The number of ether oxygens (including phenoxy) is 1. The summed E-state index contributed by atoms with van der Waals surface area (Å²) in [5.41, 5.74) is 6.18. The molecule has 0 spiro atoms. The first kappa shape index (κ1) is 17.0. The van der Waals surface area contributed by atoms with Crippen molar-refractivity contribution in [1.29, 1.82) is 0 Å². The lowest BCUT2D eigenvalue weighted by Gasteiger charge is -2.11. The first-order valence-electron chi connectivity index (χ1n) is 6.43. The lowest BCUT2D eigenvalue weighted by Crippen LogP contribution is -2.15. The smallest absolute Gasteiger partial charge is 0.416 e. The molecule has 0 radical (unpaired) electrons. The van der Waals surface area contributed by atoms with Crippen LogP contribution in [0.15, 0.2) is 47.6 Å². The van der Waals surface area contributed by atoms with Crippen LogP contribution in [0.3, 0.4) is 0 Å². The quantitative estimate of drug-likeness (QED) is 0.386. The molecule has 0 bridgehead atoms. The highest BCUT2D eigenvalue weighted by molar-refractivity contribution is 6.32. The van der Waals surface area contributed by atoms with E-state index >= 15 is 0 Å². The maximum Gasteiger partial charge on any atom is 0.416 e. The van der Waals surface area contributed by atoms with Crippen molar-refractivity contribution < 1.29 is 17.9 Å². The molecule has 0 saturated heterocycles. The van der Waals surface area contributed by atoms with Gasteiger partial charge in [-0.2, -0.15) is 18.3 Å². The van der Waals surface area contributed by atoms with Crippen molar-refractivity contribution in [3.8, 4) is 5.75 Å². The number of nitrogens with zero attached hydrogens (tertiary/aromatic N) is 1. The van der Waals surface area contributed by atoms with Gasteiger partial charge >= 0.3 is 6.18 Å². The summed E-state index contributed by atoms with van der Waals surface area (Å²) < 4.78 is 43.1. The average molecular weight is 344 g/mol. The molecule has 0 aromatic heterocycles. The van der Waals surface area contributed by atoms with Crippen molar-refractivity contribution in [3.63, 3.8) is 0 Å². The van der Waals surface area contributed by atoms with Crippen molar-refractivity contribution >= 4 is 17.4 Å². The average Bonchev–Trinajstić information content (AvgIpc) is 2.52. The highest BCUT2D eigenvalue weighted by Gasteiger charge is 2.31. The third-order valence-electron chi connectivity index (χ3n) is 3.04. The molecule has 0 aliphatic carbocycles. The van der Waals surface area contributed by atoms with E-state index in [1.807, 2.05) is 0 Å². The zero-order chi connectivity index (χ0) is 17.0. The predicted molar refractivity (Wildman–Crippen MR) is 82.1 cm³/mol. The van der Waals surface area contributed by atoms with E-state index < -0.39 is 11.7 Å². The first-order chi connectivity index (χ1) is 10.8. The van der Waals surface area contributed by atoms with Gasteiger partial charge in [-0.1, -0.05) is 35.9 Å². The maximum absolute atomic E-state index is 12.6. The Labute approximate surface area is 135 Å². The monoisotopic (exact) mass is 343 g/mol. The lowest BCUT2D eigenvalue weighted by molar-refractivity contribution is -0.137. The summed E-state index contributed by atoms with van der Waals surface area (Å²) in [6.07, 6.45) is -4.44. The Morgan fingerprint density at radius 3 is 2.30 bits per heavy atom. The summed E-state index contributed by atoms with van der Waals surface area (Å²) >= 11 is 5.82. The Morgan fingerprint density at radius 2 is 1.78 bits per heavy atom. The molecule has 0 fully saturated rings. The summed E-state index contributed by atoms with van der Waals surface area (Å²) in [5, 5.41) is 3.27. The van der Waals surface area contributed by atoms with Gasteiger partial charge in [0.2, 0.25) is 0 Å². The molecule has 23 heavy (non-hydrogen) atoms. The number of hydrogen-bond donors (Lipinski definition) is 2. The van der Waals surface area contributed by atoms with Gasteiger partial charge in [-0.3, -0.25) is 0 Å². The van der Waals surface area contributed by atoms with Gasteiger partial charge in [0, 0.05) is 5.56 Å². The first-order valence-corrected chi connectivity index (χ1v) is 6.81. The standard InChI is InChI=1S/C15H13ClF3N3O/c16-12-7-11(15(17,18)19)5-6-13(12)23-8-9-1-3-10(4-2-9)14(20)22-21/h1-7H,8,21H2,(H2,20,22). The second-order valence-electron chi connectivity index (χ2n) is 4.64. The number of nitrogens with two attached hydrogens (primary N) is 2. The highest BCUT2D eigenvalue weighted by atomic mass is 35.5. The summed E-state index contributed by atoms with van der Waals surface area (Å²) in [7, 11) is 0. The number of alkyl halides is 3. The van der Waals surface area contributed by atoms with Gasteiger partial charge in [0.1, 0.15) is 18.2 Å². The fourth-order valence-corrected chi connectivity index (χ4v) is 2.04. The minimum Gasteiger partial charge on any atom is -0.487 e. The van der Waals surface area contributed by atoms with Crippen LogP contribution in [0.25, 0.3) is 0 Å². The van der Waals surface area contributed by atoms with Crippen LogP contribution in [0.2, 0.25) is 5.02 Å². The molecule has 122 valence electrons. The van der Waals surface area contributed by atoms with Gasteiger partial charge in [0.15, 0.2) is 0 Å². The maximum atomic E-state index is 12.6. The van der Waals surface area contributed by atoms with Crippen LogP contribution < -0.4 is 16.3 Å². The van der Waals surface area contributed by atoms with Crippen molar-refractivity contribution in [1.82, 2.24) is 0 Å². The van der Waals surface area contributed by atoms with E-state index in [1.165, 1.54) is 6.07 Å². The molecule has 0 amide bonds. The van der Waals surface area contributed by atoms with Crippen molar-refractivity contribution in [2.24, 2.45) is 16.7 Å². The Bertz CT molecular complexity index is 715. The fraction of sp³-hybridized carbons (Fsp3) is 0.133. The number of halogens is 4. The van der Waals surface area contributed by atoms with Gasteiger partial charge < -0.3 is 16.3 Å². The Hall–Kier alpha value is -2.41. The van der Waals surface area contributed by atoms with Crippen molar-refractivity contribution in [2.45, 2.75) is 12.8 Å². The largest absolute Gasteiger partial charge is 0.487 e. The second kappa shape index (κ2) is 6.78. The summed E-state index contributed by atoms with van der Waals surface area (Å²) in [4.78, 5) is 0. The predicted octanol–water partition coefficient (Wildman–Crippen LogP) is 3.52. The van der Waals surface area contributed by atoms with Crippen LogP contribution in [0.4, 0.5) is 13.2 Å². The molecule has 0 aliphatic heterocycles. The van der Waals surface area contributed by atoms with Gasteiger partial charge in [-0.15, -0.1) is 0 Å². The molecule has 0 atom stereocenters. The molecule has 4 N–H and O–H groups in total. The molecule has 4 nitrogen and oxygen atoms in total. The number of amidine groups is 1. The third-order valence-corrected chi connectivity index (χ3v) is 3.34. The van der Waals surface area contributed by atoms with Gasteiger partial charge in [-0.25, -0.2) is 0 Å². The van der Waals surface area contributed by atoms with Crippen LogP contribution >= 0.6 is 11.6 Å². The van der Waals surface area contributed by atoms with Crippen LogP contribution in [0.5, 0.6) is 5.75 Å². The molecule has 0 aliphatic rings.